The molecule has 0 fully saturated rings. The summed E-state index contributed by atoms with van der Waals surface area (Å²) in [6, 6.07) is 45.2. The van der Waals surface area contributed by atoms with Crippen LogP contribution >= 0.6 is 0 Å². The van der Waals surface area contributed by atoms with E-state index in [-0.39, 0.29) is 17.1 Å². The number of ketones is 1. The van der Waals surface area contributed by atoms with Crippen molar-refractivity contribution < 1.29 is 9.90 Å². The van der Waals surface area contributed by atoms with Crippen molar-refractivity contribution in [3.05, 3.63) is 156 Å². The van der Waals surface area contributed by atoms with Crippen LogP contribution in [0, 0.1) is 0 Å². The largest absolute Gasteiger partial charge is 0.507 e. The lowest BCUT2D eigenvalue weighted by molar-refractivity contribution is 0.105. The van der Waals surface area contributed by atoms with Crippen molar-refractivity contribution >= 4 is 38.7 Å². The predicted molar refractivity (Wildman–Crippen MR) is 154 cm³/mol. The number of benzene rings is 6. The minimum atomic E-state index is -0.218. The Hall–Kier alpha value is -4.95. The molecule has 6 rings (SSSR count). The van der Waals surface area contributed by atoms with Gasteiger partial charge in [0.2, 0.25) is 0 Å². The fraction of sp³-hybridized carbons (Fsp3) is 0. The third-order valence-corrected chi connectivity index (χ3v) is 6.82. The molecule has 0 aromatic heterocycles. The number of allylic oxidation sites excluding steroid dienone is 1. The molecule has 1 N–H and O–H groups in total. The second-order valence-corrected chi connectivity index (χ2v) is 9.02. The first-order valence-corrected chi connectivity index (χ1v) is 12.3. The molecule has 0 atom stereocenters. The van der Waals surface area contributed by atoms with Gasteiger partial charge in [-0.05, 0) is 38.2 Å². The van der Waals surface area contributed by atoms with E-state index in [2.05, 4.69) is 48.5 Å². The molecule has 37 heavy (non-hydrogen) atoms. The summed E-state index contributed by atoms with van der Waals surface area (Å²) in [6.07, 6.45) is 0. The molecule has 0 heterocycles. The summed E-state index contributed by atoms with van der Waals surface area (Å²) in [7, 11) is 0. The highest BCUT2D eigenvalue weighted by atomic mass is 16.3. The second-order valence-electron chi connectivity index (χ2n) is 9.02. The third-order valence-electron chi connectivity index (χ3n) is 6.82. The highest BCUT2D eigenvalue weighted by Crippen LogP contribution is 2.39. The lowest BCUT2D eigenvalue weighted by Crippen LogP contribution is -2.07. The maximum absolute atomic E-state index is 13.9. The highest BCUT2D eigenvalue weighted by Gasteiger charge is 2.23. The number of aliphatic hydroxyl groups excluding tert-OH is 1. The van der Waals surface area contributed by atoms with Gasteiger partial charge in [0.05, 0.1) is 5.57 Å². The zero-order valence-corrected chi connectivity index (χ0v) is 20.1. The maximum atomic E-state index is 13.9. The molecule has 0 radical (unpaired) electrons. The van der Waals surface area contributed by atoms with E-state index in [0.717, 1.165) is 21.9 Å². The number of carbonyl (C=O) groups excluding carboxylic acids is 1. The molecule has 0 amide bonds. The molecule has 0 unspecified atom stereocenters. The van der Waals surface area contributed by atoms with Crippen molar-refractivity contribution in [1.29, 1.82) is 0 Å². The van der Waals surface area contributed by atoms with E-state index in [1.165, 1.54) is 10.8 Å². The molecule has 0 spiro atoms. The molecule has 0 aliphatic heterocycles. The van der Waals surface area contributed by atoms with E-state index >= 15 is 0 Å². The molecule has 176 valence electrons. The number of hydrogen-bond acceptors (Lipinski definition) is 2. The van der Waals surface area contributed by atoms with Crippen LogP contribution in [0.1, 0.15) is 21.5 Å². The van der Waals surface area contributed by atoms with Gasteiger partial charge in [-0.25, -0.2) is 0 Å². The molecule has 0 saturated carbocycles. The van der Waals surface area contributed by atoms with Crippen molar-refractivity contribution in [2.45, 2.75) is 0 Å². The fourth-order valence-electron chi connectivity index (χ4n) is 5.04. The van der Waals surface area contributed by atoms with Crippen LogP contribution in [0.2, 0.25) is 0 Å². The van der Waals surface area contributed by atoms with Crippen molar-refractivity contribution in [3.8, 4) is 11.1 Å². The number of carbonyl (C=O) groups is 1. The van der Waals surface area contributed by atoms with E-state index in [4.69, 9.17) is 0 Å². The van der Waals surface area contributed by atoms with Gasteiger partial charge in [-0.15, -0.1) is 0 Å². The number of aliphatic hydroxyl groups is 1. The zero-order valence-electron chi connectivity index (χ0n) is 20.1. The van der Waals surface area contributed by atoms with Crippen molar-refractivity contribution in [2.24, 2.45) is 0 Å². The Labute approximate surface area is 215 Å². The summed E-state index contributed by atoms with van der Waals surface area (Å²) in [5, 5.41) is 15.8. The Morgan fingerprint density at radius 1 is 0.459 bits per heavy atom. The Morgan fingerprint density at radius 2 is 1.00 bits per heavy atom. The molecule has 0 aliphatic carbocycles. The van der Waals surface area contributed by atoms with Crippen LogP contribution in [0.15, 0.2) is 140 Å². The molecular formula is C35H24O2. The van der Waals surface area contributed by atoms with Crippen LogP contribution in [0.25, 0.3) is 44.0 Å². The molecule has 6 aromatic carbocycles. The van der Waals surface area contributed by atoms with Gasteiger partial charge in [-0.2, -0.15) is 0 Å². The molecule has 0 saturated heterocycles. The lowest BCUT2D eigenvalue weighted by atomic mass is 9.86. The first-order valence-electron chi connectivity index (χ1n) is 12.3. The topological polar surface area (TPSA) is 37.3 Å². The molecule has 2 nitrogen and oxygen atoms in total. The smallest absolute Gasteiger partial charge is 0.197 e. The van der Waals surface area contributed by atoms with Gasteiger partial charge >= 0.3 is 0 Å². The summed E-state index contributed by atoms with van der Waals surface area (Å²) in [5.74, 6) is -0.248. The SMILES string of the molecule is O=C(/C(=C(\O)c1ccccc1)c1ccc(-c2cccc3ccccc23)c2ccccc12)c1ccccc1. The lowest BCUT2D eigenvalue weighted by Gasteiger charge is -2.17. The van der Waals surface area contributed by atoms with Gasteiger partial charge in [0.1, 0.15) is 5.76 Å². The number of hydrogen-bond donors (Lipinski definition) is 1. The Bertz CT molecular complexity index is 1780. The minimum absolute atomic E-state index is 0.0301. The quantitative estimate of drug-likeness (QED) is 0.117. The Morgan fingerprint density at radius 3 is 1.73 bits per heavy atom. The normalized spacial score (nSPS) is 11.9. The minimum Gasteiger partial charge on any atom is -0.507 e. The van der Waals surface area contributed by atoms with Gasteiger partial charge < -0.3 is 5.11 Å². The number of fused-ring (bicyclic) bond motifs is 2. The summed E-state index contributed by atoms with van der Waals surface area (Å²) < 4.78 is 0. The number of Topliss-reactive ketones (excluding diaryl/α,β-unsaturated/α-hetero) is 1. The molecule has 0 bridgehead atoms. The van der Waals surface area contributed by atoms with Crippen molar-refractivity contribution in [3.63, 3.8) is 0 Å². The monoisotopic (exact) mass is 476 g/mol. The third kappa shape index (κ3) is 4.09. The fourth-order valence-corrected chi connectivity index (χ4v) is 5.04. The van der Waals surface area contributed by atoms with Gasteiger partial charge in [0.15, 0.2) is 5.78 Å². The average Bonchev–Trinajstić information content (AvgIpc) is 2.98. The Kier molecular flexibility index (Phi) is 5.84. The van der Waals surface area contributed by atoms with Crippen molar-refractivity contribution in [2.75, 3.05) is 0 Å². The van der Waals surface area contributed by atoms with Crippen molar-refractivity contribution in [1.82, 2.24) is 0 Å². The van der Waals surface area contributed by atoms with E-state index in [1.54, 1.807) is 12.1 Å². The Balaban J connectivity index is 1.64. The summed E-state index contributed by atoms with van der Waals surface area (Å²) in [6.45, 7) is 0. The highest BCUT2D eigenvalue weighted by molar-refractivity contribution is 6.35. The van der Waals surface area contributed by atoms with E-state index < -0.39 is 0 Å². The van der Waals surface area contributed by atoms with Crippen LogP contribution in [0.5, 0.6) is 0 Å². The van der Waals surface area contributed by atoms with Crippen LogP contribution in [0.4, 0.5) is 0 Å². The molecule has 2 heteroatoms. The van der Waals surface area contributed by atoms with Gasteiger partial charge in [-0.1, -0.05) is 140 Å². The average molecular weight is 477 g/mol. The summed E-state index contributed by atoms with van der Waals surface area (Å²) in [4.78, 5) is 13.9. The van der Waals surface area contributed by atoms with Gasteiger partial charge in [0.25, 0.3) is 0 Å². The van der Waals surface area contributed by atoms with Gasteiger partial charge in [-0.3, -0.25) is 4.79 Å². The van der Waals surface area contributed by atoms with Crippen LogP contribution in [-0.4, -0.2) is 10.9 Å². The van der Waals surface area contributed by atoms with Gasteiger partial charge in [0, 0.05) is 11.1 Å². The van der Waals surface area contributed by atoms with Crippen LogP contribution in [-0.2, 0) is 0 Å². The standard InChI is InChI=1S/C35H24O2/c36-34(25-13-3-1-4-14-25)33(35(37)26-15-5-2-6-16-26)32-23-22-31(29-19-9-10-20-30(29)32)28-21-11-17-24-12-7-8-18-27(24)28/h1-23,36H/b34-33-. The van der Waals surface area contributed by atoms with E-state index in [1.807, 2.05) is 78.9 Å². The van der Waals surface area contributed by atoms with Crippen LogP contribution < -0.4 is 0 Å². The molecular weight excluding hydrogens is 452 g/mol. The first kappa shape index (κ1) is 22.5. The van der Waals surface area contributed by atoms with E-state index in [0.29, 0.717) is 16.7 Å². The van der Waals surface area contributed by atoms with Crippen LogP contribution in [0.3, 0.4) is 0 Å². The molecule has 0 aliphatic rings. The first-order chi connectivity index (χ1) is 18.2. The van der Waals surface area contributed by atoms with E-state index in [9.17, 15) is 9.90 Å². The zero-order chi connectivity index (χ0) is 25.2. The molecule has 6 aromatic rings. The summed E-state index contributed by atoms with van der Waals surface area (Å²) in [5.41, 5.74) is 4.34. The second kappa shape index (κ2) is 9.60. The maximum Gasteiger partial charge on any atom is 0.197 e. The number of rotatable bonds is 5. The predicted octanol–water partition coefficient (Wildman–Crippen LogP) is 8.97. The summed E-state index contributed by atoms with van der Waals surface area (Å²) >= 11 is 0.